The molecule has 8 heteroatoms. The summed E-state index contributed by atoms with van der Waals surface area (Å²) < 4.78 is 0. The molecule has 0 aromatic rings. The van der Waals surface area contributed by atoms with Crippen molar-refractivity contribution in [1.29, 1.82) is 0 Å². The summed E-state index contributed by atoms with van der Waals surface area (Å²) >= 11 is 0. The molecule has 0 heterocycles. The van der Waals surface area contributed by atoms with Crippen molar-refractivity contribution in [2.24, 2.45) is 0 Å². The second kappa shape index (κ2) is 6.03. The Bertz CT molecular complexity index is 290. The van der Waals surface area contributed by atoms with E-state index in [1.54, 1.807) is 0 Å². The zero-order chi connectivity index (χ0) is 12.8. The van der Waals surface area contributed by atoms with Gasteiger partial charge in [-0.1, -0.05) is 0 Å². The number of aliphatic hydroxyl groups excluding tert-OH is 1. The number of aliphatic carboxylic acids is 2. The molecule has 92 valence electrons. The van der Waals surface area contributed by atoms with Gasteiger partial charge in [0, 0.05) is 6.54 Å². The Balaban J connectivity index is 4.49. The maximum absolute atomic E-state index is 11.1. The van der Waals surface area contributed by atoms with E-state index in [0.717, 1.165) is 0 Å². The molecule has 0 aliphatic rings. The molecule has 0 saturated carbocycles. The minimum Gasteiger partial charge on any atom is -0.481 e. The highest BCUT2D eigenvalue weighted by atomic mass is 16.4. The lowest BCUT2D eigenvalue weighted by Crippen LogP contribution is -2.45. The number of hydrogen-bond acceptors (Lipinski definition) is 5. The summed E-state index contributed by atoms with van der Waals surface area (Å²) in [5.74, 6) is -4.16. The highest BCUT2D eigenvalue weighted by Gasteiger charge is 2.40. The highest BCUT2D eigenvalue weighted by Crippen LogP contribution is 2.15. The molecule has 1 atom stereocenters. The molecule has 0 spiro atoms. The number of aliphatic hydroxyl groups is 2. The van der Waals surface area contributed by atoms with Gasteiger partial charge in [-0.3, -0.25) is 9.59 Å². The fourth-order valence-electron chi connectivity index (χ4n) is 0.987. The number of rotatable bonds is 7. The molecule has 0 rings (SSSR count). The third-order valence-corrected chi connectivity index (χ3v) is 1.73. The summed E-state index contributed by atoms with van der Waals surface area (Å²) in [6.07, 6.45) is -1.95. The molecular formula is C8H13NO7. The summed E-state index contributed by atoms with van der Waals surface area (Å²) in [6.45, 7) is -0.433. The predicted molar refractivity (Wildman–Crippen MR) is 49.6 cm³/mol. The van der Waals surface area contributed by atoms with E-state index in [1.807, 2.05) is 0 Å². The van der Waals surface area contributed by atoms with E-state index < -0.39 is 36.3 Å². The van der Waals surface area contributed by atoms with Crippen molar-refractivity contribution in [2.45, 2.75) is 18.4 Å². The van der Waals surface area contributed by atoms with Crippen LogP contribution in [0.2, 0.25) is 0 Å². The van der Waals surface area contributed by atoms with E-state index in [2.05, 4.69) is 5.32 Å². The van der Waals surface area contributed by atoms with Crippen molar-refractivity contribution in [3.05, 3.63) is 0 Å². The van der Waals surface area contributed by atoms with Crippen LogP contribution in [0.4, 0.5) is 0 Å². The molecule has 1 amide bonds. The minimum atomic E-state index is -2.63. The number of amides is 1. The summed E-state index contributed by atoms with van der Waals surface area (Å²) in [5, 5.41) is 36.9. The molecule has 0 radical (unpaired) electrons. The second-order valence-electron chi connectivity index (χ2n) is 3.16. The summed E-state index contributed by atoms with van der Waals surface area (Å²) in [4.78, 5) is 32.0. The Hall–Kier alpha value is -1.67. The van der Waals surface area contributed by atoms with Gasteiger partial charge >= 0.3 is 11.9 Å². The van der Waals surface area contributed by atoms with Gasteiger partial charge in [0.2, 0.25) is 5.91 Å². The minimum absolute atomic E-state index is 0.0956. The van der Waals surface area contributed by atoms with Crippen LogP contribution in [-0.4, -0.2) is 57.0 Å². The van der Waals surface area contributed by atoms with Crippen LogP contribution >= 0.6 is 0 Å². The predicted octanol–water partition coefficient (Wildman–Crippen LogP) is -2.22. The standard InChI is InChI=1S/C8H13NO7/c10-2-1-9-5(11)3-8(16,7(14)15)4-6(12)13/h10,16H,1-4H2,(H,9,11)(H,12,13)(H,14,15). The van der Waals surface area contributed by atoms with Crippen LogP contribution in [0.3, 0.4) is 0 Å². The SMILES string of the molecule is O=C(O)CC(O)(CC(=O)NCCO)C(=O)O. The first kappa shape index (κ1) is 14.3. The summed E-state index contributed by atoms with van der Waals surface area (Å²) in [6, 6.07) is 0. The van der Waals surface area contributed by atoms with E-state index >= 15 is 0 Å². The normalized spacial score (nSPS) is 13.9. The Kier molecular flexibility index (Phi) is 5.40. The van der Waals surface area contributed by atoms with Crippen LogP contribution in [-0.2, 0) is 14.4 Å². The zero-order valence-electron chi connectivity index (χ0n) is 8.34. The van der Waals surface area contributed by atoms with E-state index in [9.17, 15) is 19.5 Å². The van der Waals surface area contributed by atoms with Gasteiger partial charge in [0.25, 0.3) is 0 Å². The summed E-state index contributed by atoms with van der Waals surface area (Å²) in [5.41, 5.74) is -2.63. The summed E-state index contributed by atoms with van der Waals surface area (Å²) in [7, 11) is 0. The van der Waals surface area contributed by atoms with Crippen molar-refractivity contribution in [1.82, 2.24) is 5.32 Å². The number of carboxylic acids is 2. The number of carbonyl (C=O) groups excluding carboxylic acids is 1. The number of nitrogens with one attached hydrogen (secondary N) is 1. The van der Waals surface area contributed by atoms with Gasteiger partial charge < -0.3 is 25.7 Å². The monoisotopic (exact) mass is 235 g/mol. The first-order chi connectivity index (χ1) is 7.31. The molecule has 16 heavy (non-hydrogen) atoms. The Morgan fingerprint density at radius 2 is 1.69 bits per heavy atom. The van der Waals surface area contributed by atoms with Crippen molar-refractivity contribution in [3.8, 4) is 0 Å². The molecule has 5 N–H and O–H groups in total. The first-order valence-electron chi connectivity index (χ1n) is 4.37. The van der Waals surface area contributed by atoms with Gasteiger partial charge in [0.05, 0.1) is 19.4 Å². The van der Waals surface area contributed by atoms with Crippen LogP contribution in [0.15, 0.2) is 0 Å². The quantitative estimate of drug-likeness (QED) is 0.336. The Labute approximate surface area is 90.5 Å². The maximum Gasteiger partial charge on any atom is 0.336 e. The number of hydrogen-bond donors (Lipinski definition) is 5. The van der Waals surface area contributed by atoms with Gasteiger partial charge in [0.1, 0.15) is 0 Å². The van der Waals surface area contributed by atoms with Crippen LogP contribution in [0, 0.1) is 0 Å². The molecular weight excluding hydrogens is 222 g/mol. The third kappa shape index (κ3) is 4.71. The van der Waals surface area contributed by atoms with Crippen LogP contribution in [0.25, 0.3) is 0 Å². The smallest absolute Gasteiger partial charge is 0.336 e. The van der Waals surface area contributed by atoms with E-state index in [-0.39, 0.29) is 13.2 Å². The lowest BCUT2D eigenvalue weighted by Gasteiger charge is -2.20. The van der Waals surface area contributed by atoms with Gasteiger partial charge in [-0.15, -0.1) is 0 Å². The molecule has 1 unspecified atom stereocenters. The zero-order valence-corrected chi connectivity index (χ0v) is 8.34. The van der Waals surface area contributed by atoms with Crippen molar-refractivity contribution >= 4 is 17.8 Å². The molecule has 0 aliphatic heterocycles. The van der Waals surface area contributed by atoms with Crippen LogP contribution in [0.1, 0.15) is 12.8 Å². The third-order valence-electron chi connectivity index (χ3n) is 1.73. The average Bonchev–Trinajstić information content (AvgIpc) is 2.12. The number of carboxylic acid groups (broad SMARTS) is 2. The second-order valence-corrected chi connectivity index (χ2v) is 3.16. The highest BCUT2D eigenvalue weighted by molar-refractivity contribution is 5.90. The van der Waals surface area contributed by atoms with E-state index in [0.29, 0.717) is 0 Å². The van der Waals surface area contributed by atoms with Crippen molar-refractivity contribution in [3.63, 3.8) is 0 Å². The van der Waals surface area contributed by atoms with Gasteiger partial charge in [-0.05, 0) is 0 Å². The molecule has 0 aliphatic carbocycles. The first-order valence-corrected chi connectivity index (χ1v) is 4.37. The lowest BCUT2D eigenvalue weighted by molar-refractivity contribution is -0.167. The Morgan fingerprint density at radius 3 is 2.06 bits per heavy atom. The van der Waals surface area contributed by atoms with Gasteiger partial charge in [-0.2, -0.15) is 0 Å². The topological polar surface area (TPSA) is 144 Å². The largest absolute Gasteiger partial charge is 0.481 e. The Morgan fingerprint density at radius 1 is 1.12 bits per heavy atom. The van der Waals surface area contributed by atoms with Crippen LogP contribution < -0.4 is 5.32 Å². The van der Waals surface area contributed by atoms with E-state index in [4.69, 9.17) is 15.3 Å². The molecule has 0 aromatic heterocycles. The van der Waals surface area contributed by atoms with Crippen LogP contribution in [0.5, 0.6) is 0 Å². The molecule has 0 saturated heterocycles. The molecule has 8 nitrogen and oxygen atoms in total. The molecule has 0 aromatic carbocycles. The average molecular weight is 235 g/mol. The molecule has 0 bridgehead atoms. The fourth-order valence-corrected chi connectivity index (χ4v) is 0.987. The van der Waals surface area contributed by atoms with Crippen molar-refractivity contribution in [2.75, 3.05) is 13.2 Å². The lowest BCUT2D eigenvalue weighted by atomic mass is 9.95. The maximum atomic E-state index is 11.1. The molecule has 0 fully saturated rings. The van der Waals surface area contributed by atoms with E-state index in [1.165, 1.54) is 0 Å². The van der Waals surface area contributed by atoms with Gasteiger partial charge in [-0.25, -0.2) is 4.79 Å². The fraction of sp³-hybridized carbons (Fsp3) is 0.625. The number of carbonyl (C=O) groups is 3. The van der Waals surface area contributed by atoms with Gasteiger partial charge in [0.15, 0.2) is 5.60 Å². The van der Waals surface area contributed by atoms with Crippen molar-refractivity contribution < 1.29 is 34.8 Å².